The van der Waals surface area contributed by atoms with Crippen molar-refractivity contribution >= 4 is 51.4 Å². The van der Waals surface area contributed by atoms with Crippen LogP contribution in [-0.2, 0) is 4.79 Å². The van der Waals surface area contributed by atoms with Crippen molar-refractivity contribution in [1.29, 1.82) is 0 Å². The summed E-state index contributed by atoms with van der Waals surface area (Å²) in [6.07, 6.45) is 0. The Bertz CT molecular complexity index is 1080. The number of non-ortho nitro benzene ring substituents is 1. The highest BCUT2D eigenvalue weighted by Crippen LogP contribution is 2.27. The normalized spacial score (nSPS) is 11.5. The first-order valence-corrected chi connectivity index (χ1v) is 10.6. The van der Waals surface area contributed by atoms with E-state index in [9.17, 15) is 19.7 Å². The van der Waals surface area contributed by atoms with Crippen molar-refractivity contribution < 1.29 is 14.5 Å². The number of aromatic nitrogens is 1. The van der Waals surface area contributed by atoms with E-state index >= 15 is 0 Å². The Hall–Kier alpha value is -3.24. The van der Waals surface area contributed by atoms with Gasteiger partial charge in [0.05, 0.1) is 15.9 Å². The molecular formula is C20H18N4O4S2. The van der Waals surface area contributed by atoms with E-state index in [1.807, 2.05) is 18.4 Å². The number of thiazole rings is 1. The molecule has 0 fully saturated rings. The fourth-order valence-corrected chi connectivity index (χ4v) is 4.08. The smallest absolute Gasteiger partial charge is 0.269 e. The third-order valence-electron chi connectivity index (χ3n) is 3.96. The van der Waals surface area contributed by atoms with E-state index in [4.69, 9.17) is 0 Å². The van der Waals surface area contributed by atoms with Gasteiger partial charge in [0.2, 0.25) is 5.91 Å². The summed E-state index contributed by atoms with van der Waals surface area (Å²) < 4.78 is 0. The largest absolute Gasteiger partial charge is 0.322 e. The molecule has 0 aliphatic rings. The van der Waals surface area contributed by atoms with Gasteiger partial charge in [-0.05, 0) is 44.2 Å². The first kappa shape index (κ1) is 21.5. The molecule has 1 heterocycles. The van der Waals surface area contributed by atoms with Crippen LogP contribution in [0.3, 0.4) is 0 Å². The summed E-state index contributed by atoms with van der Waals surface area (Å²) in [7, 11) is 0. The second-order valence-corrected chi connectivity index (χ2v) is 8.60. The number of nitro groups is 1. The van der Waals surface area contributed by atoms with Crippen LogP contribution in [0.2, 0.25) is 0 Å². The molecule has 3 aromatic rings. The van der Waals surface area contributed by atoms with E-state index < -0.39 is 4.92 Å². The van der Waals surface area contributed by atoms with Gasteiger partial charge in [-0.1, -0.05) is 6.07 Å². The van der Waals surface area contributed by atoms with Crippen LogP contribution < -0.4 is 10.6 Å². The molecule has 3 rings (SSSR count). The quantitative estimate of drug-likeness (QED) is 0.311. The minimum Gasteiger partial charge on any atom is -0.322 e. The summed E-state index contributed by atoms with van der Waals surface area (Å²) in [4.78, 5) is 40.0. The van der Waals surface area contributed by atoms with Crippen LogP contribution in [-0.4, -0.2) is 27.0 Å². The molecule has 1 unspecified atom stereocenters. The molecule has 2 N–H and O–H groups in total. The Kier molecular flexibility index (Phi) is 6.80. The molecule has 0 bridgehead atoms. The molecule has 1 atom stereocenters. The fraction of sp³-hybridized carbons (Fsp3) is 0.150. The summed E-state index contributed by atoms with van der Waals surface area (Å²) in [6, 6.07) is 12.5. The number of aryl methyl sites for hydroxylation is 1. The Morgan fingerprint density at radius 1 is 1.17 bits per heavy atom. The van der Waals surface area contributed by atoms with Crippen molar-refractivity contribution in [2.24, 2.45) is 0 Å². The molecule has 1 aromatic heterocycles. The number of anilines is 2. The number of nitrogens with zero attached hydrogens (tertiary/aromatic N) is 2. The number of nitro benzene ring substituents is 1. The summed E-state index contributed by atoms with van der Waals surface area (Å²) in [5, 5.41) is 18.3. The zero-order chi connectivity index (χ0) is 21.7. The Balaban J connectivity index is 1.61. The maximum Gasteiger partial charge on any atom is 0.269 e. The zero-order valence-corrected chi connectivity index (χ0v) is 17.8. The fourth-order valence-electron chi connectivity index (χ4n) is 2.46. The van der Waals surface area contributed by atoms with Gasteiger partial charge in [-0.25, -0.2) is 4.98 Å². The molecule has 2 aromatic carbocycles. The van der Waals surface area contributed by atoms with Crippen LogP contribution in [0.15, 0.2) is 58.8 Å². The van der Waals surface area contributed by atoms with Crippen molar-refractivity contribution in [3.8, 4) is 0 Å². The molecule has 0 radical (unpaired) electrons. The first-order chi connectivity index (χ1) is 14.3. The van der Waals surface area contributed by atoms with Gasteiger partial charge in [0.25, 0.3) is 11.6 Å². The molecular weight excluding hydrogens is 424 g/mol. The predicted octanol–water partition coefficient (Wildman–Crippen LogP) is 4.73. The molecule has 0 saturated heterocycles. The van der Waals surface area contributed by atoms with Gasteiger partial charge >= 0.3 is 0 Å². The minimum absolute atomic E-state index is 0.0786. The Morgan fingerprint density at radius 2 is 1.90 bits per heavy atom. The average Bonchev–Trinajstić information content (AvgIpc) is 3.12. The molecule has 154 valence electrons. The van der Waals surface area contributed by atoms with Crippen LogP contribution >= 0.6 is 23.1 Å². The third kappa shape index (κ3) is 5.65. The van der Waals surface area contributed by atoms with Crippen LogP contribution in [0.25, 0.3) is 0 Å². The average molecular weight is 443 g/mol. The number of nitrogens with one attached hydrogen (secondary N) is 2. The van der Waals surface area contributed by atoms with Crippen molar-refractivity contribution in [2.45, 2.75) is 24.0 Å². The molecule has 2 amide bonds. The molecule has 10 heteroatoms. The topological polar surface area (TPSA) is 114 Å². The third-order valence-corrected chi connectivity index (χ3v) is 5.93. The summed E-state index contributed by atoms with van der Waals surface area (Å²) in [5.41, 5.74) is 1.65. The van der Waals surface area contributed by atoms with E-state index in [0.717, 1.165) is 10.6 Å². The number of amides is 2. The molecule has 0 spiro atoms. The maximum atomic E-state index is 12.4. The molecule has 0 aliphatic heterocycles. The van der Waals surface area contributed by atoms with Crippen molar-refractivity contribution in [3.05, 3.63) is 75.3 Å². The number of thioether (sulfide) groups is 1. The standard InChI is InChI=1S/C20H18N4O4S2/c1-12-11-29-20(21-12)23-18(25)13(2)30-17-5-3-4-15(10-17)22-19(26)14-6-8-16(9-7-14)24(27)28/h3-11,13H,1-2H3,(H,22,26)(H,21,23,25). The SMILES string of the molecule is Cc1csc(NC(=O)C(C)Sc2cccc(NC(=O)c3ccc([N+](=O)[O-])cc3)c2)n1. The Morgan fingerprint density at radius 3 is 2.53 bits per heavy atom. The van der Waals surface area contributed by atoms with Gasteiger partial charge in [0, 0.05) is 33.7 Å². The molecule has 0 saturated carbocycles. The van der Waals surface area contributed by atoms with E-state index in [0.29, 0.717) is 16.4 Å². The lowest BCUT2D eigenvalue weighted by molar-refractivity contribution is -0.384. The second-order valence-electron chi connectivity index (χ2n) is 6.33. The van der Waals surface area contributed by atoms with Gasteiger partial charge in [0.1, 0.15) is 0 Å². The lowest BCUT2D eigenvalue weighted by Gasteiger charge is -2.12. The van der Waals surface area contributed by atoms with Crippen molar-refractivity contribution in [1.82, 2.24) is 4.98 Å². The number of carbonyl (C=O) groups is 2. The van der Waals surface area contributed by atoms with Gasteiger partial charge in [0.15, 0.2) is 5.13 Å². The highest BCUT2D eigenvalue weighted by atomic mass is 32.2. The zero-order valence-electron chi connectivity index (χ0n) is 16.1. The monoisotopic (exact) mass is 442 g/mol. The number of hydrogen-bond acceptors (Lipinski definition) is 7. The van der Waals surface area contributed by atoms with Gasteiger partial charge in [-0.2, -0.15) is 0 Å². The highest BCUT2D eigenvalue weighted by molar-refractivity contribution is 8.00. The lowest BCUT2D eigenvalue weighted by Crippen LogP contribution is -2.22. The summed E-state index contributed by atoms with van der Waals surface area (Å²) >= 11 is 2.73. The minimum atomic E-state index is -0.518. The van der Waals surface area contributed by atoms with Crippen LogP contribution in [0, 0.1) is 17.0 Å². The first-order valence-electron chi connectivity index (χ1n) is 8.87. The van der Waals surface area contributed by atoms with Crippen molar-refractivity contribution in [3.63, 3.8) is 0 Å². The van der Waals surface area contributed by atoms with E-state index in [2.05, 4.69) is 15.6 Å². The number of carbonyl (C=O) groups excluding carboxylic acids is 2. The van der Waals surface area contributed by atoms with Crippen LogP contribution in [0.5, 0.6) is 0 Å². The number of rotatable bonds is 7. The van der Waals surface area contributed by atoms with Gasteiger partial charge in [-0.15, -0.1) is 23.1 Å². The van der Waals surface area contributed by atoms with E-state index in [1.54, 1.807) is 25.1 Å². The molecule has 30 heavy (non-hydrogen) atoms. The highest BCUT2D eigenvalue weighted by Gasteiger charge is 2.16. The number of benzene rings is 2. The second kappa shape index (κ2) is 9.51. The maximum absolute atomic E-state index is 12.4. The molecule has 0 aliphatic carbocycles. The predicted molar refractivity (Wildman–Crippen MR) is 118 cm³/mol. The van der Waals surface area contributed by atoms with Crippen LogP contribution in [0.1, 0.15) is 23.0 Å². The van der Waals surface area contributed by atoms with E-state index in [1.165, 1.54) is 47.4 Å². The molecule has 8 nitrogen and oxygen atoms in total. The van der Waals surface area contributed by atoms with E-state index in [-0.39, 0.29) is 22.8 Å². The Labute approximate surface area is 180 Å². The van der Waals surface area contributed by atoms with Gasteiger partial charge < -0.3 is 10.6 Å². The van der Waals surface area contributed by atoms with Crippen LogP contribution in [0.4, 0.5) is 16.5 Å². The summed E-state index contributed by atoms with van der Waals surface area (Å²) in [5.74, 6) is -0.536. The summed E-state index contributed by atoms with van der Waals surface area (Å²) in [6.45, 7) is 3.66. The van der Waals surface area contributed by atoms with Crippen molar-refractivity contribution in [2.75, 3.05) is 10.6 Å². The number of hydrogen-bond donors (Lipinski definition) is 2. The lowest BCUT2D eigenvalue weighted by atomic mass is 10.2. The van der Waals surface area contributed by atoms with Gasteiger partial charge in [-0.3, -0.25) is 19.7 Å².